The zero-order valence-corrected chi connectivity index (χ0v) is 4.81. The fraction of sp³-hybridized carbons (Fsp3) is 0.400. The Morgan fingerprint density at radius 3 is 2.44 bits per heavy atom. The standard InChI is InChI=1S/C5H5FO3/c1-3-5(2,6)9-4(7)8-3/h1H2,2H3. The van der Waals surface area contributed by atoms with Crippen molar-refractivity contribution < 1.29 is 18.7 Å². The van der Waals surface area contributed by atoms with Gasteiger partial charge in [-0.1, -0.05) is 6.58 Å². The first kappa shape index (κ1) is 6.07. The first-order chi connectivity index (χ1) is 4.02. The lowest BCUT2D eigenvalue weighted by atomic mass is 10.3. The maximum Gasteiger partial charge on any atom is 0.516 e. The second-order valence-electron chi connectivity index (χ2n) is 1.79. The average Bonchev–Trinajstić information content (AvgIpc) is 1.79. The zero-order valence-electron chi connectivity index (χ0n) is 4.81. The van der Waals surface area contributed by atoms with Gasteiger partial charge in [-0.15, -0.1) is 0 Å². The molecule has 0 aromatic carbocycles. The fourth-order valence-corrected chi connectivity index (χ4v) is 0.426. The van der Waals surface area contributed by atoms with Crippen LogP contribution in [-0.2, 0) is 9.47 Å². The molecule has 1 rings (SSSR count). The molecule has 0 saturated carbocycles. The smallest absolute Gasteiger partial charge is 0.393 e. The monoisotopic (exact) mass is 132 g/mol. The van der Waals surface area contributed by atoms with Gasteiger partial charge >= 0.3 is 12.0 Å². The summed E-state index contributed by atoms with van der Waals surface area (Å²) < 4.78 is 20.8. The topological polar surface area (TPSA) is 35.5 Å². The molecule has 0 spiro atoms. The van der Waals surface area contributed by atoms with Crippen LogP contribution in [-0.4, -0.2) is 12.0 Å². The number of halogens is 1. The van der Waals surface area contributed by atoms with Crippen molar-refractivity contribution in [2.24, 2.45) is 0 Å². The normalized spacial score (nSPS) is 34.0. The second-order valence-corrected chi connectivity index (χ2v) is 1.79. The van der Waals surface area contributed by atoms with Gasteiger partial charge in [0.25, 0.3) is 0 Å². The van der Waals surface area contributed by atoms with E-state index in [1.165, 1.54) is 0 Å². The van der Waals surface area contributed by atoms with E-state index in [1.807, 2.05) is 0 Å². The van der Waals surface area contributed by atoms with Crippen LogP contribution < -0.4 is 0 Å². The number of alkyl halides is 1. The Kier molecular flexibility index (Phi) is 0.986. The van der Waals surface area contributed by atoms with E-state index in [1.54, 1.807) is 0 Å². The summed E-state index contributed by atoms with van der Waals surface area (Å²) in [5.41, 5.74) is 0. The van der Waals surface area contributed by atoms with Crippen LogP contribution in [0.25, 0.3) is 0 Å². The molecule has 0 bridgehead atoms. The molecule has 0 radical (unpaired) electrons. The van der Waals surface area contributed by atoms with Crippen molar-refractivity contribution in [2.75, 3.05) is 0 Å². The van der Waals surface area contributed by atoms with E-state index in [0.29, 0.717) is 0 Å². The largest absolute Gasteiger partial charge is 0.516 e. The van der Waals surface area contributed by atoms with Crippen molar-refractivity contribution in [3.63, 3.8) is 0 Å². The minimum Gasteiger partial charge on any atom is -0.393 e. The van der Waals surface area contributed by atoms with Crippen molar-refractivity contribution in [3.05, 3.63) is 12.3 Å². The van der Waals surface area contributed by atoms with Gasteiger partial charge in [0.2, 0.25) is 0 Å². The van der Waals surface area contributed by atoms with Gasteiger partial charge in [0.15, 0.2) is 5.76 Å². The molecule has 1 atom stereocenters. The fourth-order valence-electron chi connectivity index (χ4n) is 0.426. The molecule has 1 heterocycles. The molecule has 0 N–H and O–H groups in total. The summed E-state index contributed by atoms with van der Waals surface area (Å²) in [6, 6.07) is 0. The Hall–Kier alpha value is -1.06. The third kappa shape index (κ3) is 0.872. The first-order valence-corrected chi connectivity index (χ1v) is 2.31. The van der Waals surface area contributed by atoms with E-state index in [0.717, 1.165) is 6.92 Å². The first-order valence-electron chi connectivity index (χ1n) is 2.31. The minimum atomic E-state index is -2.14. The molecule has 1 unspecified atom stereocenters. The molecular formula is C5H5FO3. The van der Waals surface area contributed by atoms with Crippen molar-refractivity contribution in [3.8, 4) is 0 Å². The molecular weight excluding hydrogens is 127 g/mol. The molecule has 3 nitrogen and oxygen atoms in total. The molecule has 1 aliphatic rings. The van der Waals surface area contributed by atoms with Crippen molar-refractivity contribution in [1.29, 1.82) is 0 Å². The minimum absolute atomic E-state index is 0.299. The van der Waals surface area contributed by atoms with E-state index in [2.05, 4.69) is 16.1 Å². The van der Waals surface area contributed by atoms with Crippen molar-refractivity contribution >= 4 is 6.16 Å². The summed E-state index contributed by atoms with van der Waals surface area (Å²) in [5, 5.41) is 0. The zero-order chi connectivity index (χ0) is 7.07. The number of hydrogen-bond donors (Lipinski definition) is 0. The quantitative estimate of drug-likeness (QED) is 0.466. The van der Waals surface area contributed by atoms with Crippen molar-refractivity contribution in [2.45, 2.75) is 12.8 Å². The van der Waals surface area contributed by atoms with Gasteiger partial charge < -0.3 is 9.47 Å². The molecule has 9 heavy (non-hydrogen) atoms. The number of carbonyl (C=O) groups excluding carboxylic acids is 1. The number of rotatable bonds is 0. The van der Waals surface area contributed by atoms with Crippen LogP contribution in [0.5, 0.6) is 0 Å². The third-order valence-corrected chi connectivity index (χ3v) is 0.980. The third-order valence-electron chi connectivity index (χ3n) is 0.980. The molecule has 4 heteroatoms. The summed E-state index contributed by atoms with van der Waals surface area (Å²) >= 11 is 0. The lowest BCUT2D eigenvalue weighted by Crippen LogP contribution is -2.17. The van der Waals surface area contributed by atoms with Gasteiger partial charge in [-0.2, -0.15) is 4.39 Å². The molecule has 0 aromatic heterocycles. The van der Waals surface area contributed by atoms with Crippen LogP contribution in [0.15, 0.2) is 12.3 Å². The highest BCUT2D eigenvalue weighted by atomic mass is 19.2. The van der Waals surface area contributed by atoms with Crippen LogP contribution in [0.4, 0.5) is 9.18 Å². The van der Waals surface area contributed by atoms with Crippen LogP contribution >= 0.6 is 0 Å². The van der Waals surface area contributed by atoms with Gasteiger partial charge in [0.05, 0.1) is 0 Å². The molecule has 0 aromatic rings. The average molecular weight is 132 g/mol. The Morgan fingerprint density at radius 1 is 1.78 bits per heavy atom. The molecule has 1 aliphatic heterocycles. The number of ether oxygens (including phenoxy) is 2. The predicted molar refractivity (Wildman–Crippen MR) is 26.2 cm³/mol. The van der Waals surface area contributed by atoms with Crippen molar-refractivity contribution in [1.82, 2.24) is 0 Å². The Labute approximate surface area is 51.1 Å². The highest BCUT2D eigenvalue weighted by Crippen LogP contribution is 2.29. The number of hydrogen-bond acceptors (Lipinski definition) is 3. The van der Waals surface area contributed by atoms with Gasteiger partial charge in [-0.25, -0.2) is 4.79 Å². The Morgan fingerprint density at radius 2 is 2.33 bits per heavy atom. The van der Waals surface area contributed by atoms with Gasteiger partial charge in [-0.3, -0.25) is 0 Å². The lowest BCUT2D eigenvalue weighted by Gasteiger charge is -2.06. The van der Waals surface area contributed by atoms with E-state index < -0.39 is 12.0 Å². The summed E-state index contributed by atoms with van der Waals surface area (Å²) in [7, 11) is 0. The summed E-state index contributed by atoms with van der Waals surface area (Å²) in [6.45, 7) is 4.17. The van der Waals surface area contributed by atoms with Crippen LogP contribution in [0, 0.1) is 0 Å². The Balaban J connectivity index is 2.81. The van der Waals surface area contributed by atoms with Gasteiger partial charge in [0.1, 0.15) is 0 Å². The summed E-state index contributed by atoms with van der Waals surface area (Å²) in [6.07, 6.45) is -1.04. The van der Waals surface area contributed by atoms with E-state index in [-0.39, 0.29) is 5.76 Å². The maximum absolute atomic E-state index is 12.6. The molecule has 0 aliphatic carbocycles. The second kappa shape index (κ2) is 1.46. The molecule has 0 amide bonds. The lowest BCUT2D eigenvalue weighted by molar-refractivity contribution is -0.0221. The molecule has 1 saturated heterocycles. The van der Waals surface area contributed by atoms with Crippen LogP contribution in [0.3, 0.4) is 0 Å². The maximum atomic E-state index is 12.6. The highest BCUT2D eigenvalue weighted by Gasteiger charge is 2.42. The Bertz CT molecular complexity index is 173. The van der Waals surface area contributed by atoms with E-state index >= 15 is 0 Å². The van der Waals surface area contributed by atoms with E-state index in [9.17, 15) is 9.18 Å². The number of carbonyl (C=O) groups is 1. The number of cyclic esters (lactones) is 2. The summed E-state index contributed by atoms with van der Waals surface area (Å²) in [5.74, 6) is -2.44. The predicted octanol–water partition coefficient (Wildman–Crippen LogP) is 1.35. The SMILES string of the molecule is C=C1OC(=O)OC1(C)F. The van der Waals surface area contributed by atoms with Crippen LogP contribution in [0.2, 0.25) is 0 Å². The molecule has 50 valence electrons. The van der Waals surface area contributed by atoms with Gasteiger partial charge in [0, 0.05) is 6.92 Å². The highest BCUT2D eigenvalue weighted by molar-refractivity contribution is 5.65. The molecule has 1 fully saturated rings. The van der Waals surface area contributed by atoms with Crippen LogP contribution in [0.1, 0.15) is 6.92 Å². The van der Waals surface area contributed by atoms with Gasteiger partial charge in [-0.05, 0) is 0 Å². The van der Waals surface area contributed by atoms with E-state index in [4.69, 9.17) is 0 Å². The summed E-state index contributed by atoms with van der Waals surface area (Å²) in [4.78, 5) is 10.1.